The highest BCUT2D eigenvalue weighted by molar-refractivity contribution is 6.22. The van der Waals surface area contributed by atoms with Gasteiger partial charge in [-0.2, -0.15) is 0 Å². The Kier molecular flexibility index (Phi) is 5.19. The van der Waals surface area contributed by atoms with Gasteiger partial charge in [-0.3, -0.25) is 24.6 Å². The van der Waals surface area contributed by atoms with Crippen LogP contribution in [-0.2, 0) is 6.54 Å². The van der Waals surface area contributed by atoms with Crippen molar-refractivity contribution in [1.29, 1.82) is 0 Å². The van der Waals surface area contributed by atoms with Crippen molar-refractivity contribution in [3.05, 3.63) is 52.2 Å². The average Bonchev–Trinajstić information content (AvgIpc) is 3.18. The summed E-state index contributed by atoms with van der Waals surface area (Å²) in [5, 5.41) is 5.19. The third-order valence-electron chi connectivity index (χ3n) is 5.69. The molecule has 29 heavy (non-hydrogen) atoms. The number of aromatic nitrogens is 1. The largest absolute Gasteiger partial charge is 0.444 e. The van der Waals surface area contributed by atoms with Gasteiger partial charge in [0, 0.05) is 12.1 Å². The molecular weight excluding hydrogens is 372 g/mol. The van der Waals surface area contributed by atoms with E-state index < -0.39 is 11.8 Å². The number of benzene rings is 1. The molecule has 2 aliphatic heterocycles. The van der Waals surface area contributed by atoms with Crippen LogP contribution in [0.3, 0.4) is 0 Å². The van der Waals surface area contributed by atoms with Crippen LogP contribution >= 0.6 is 0 Å². The number of carbonyl (C=O) groups is 3. The van der Waals surface area contributed by atoms with Crippen molar-refractivity contribution in [3.8, 4) is 0 Å². The fourth-order valence-corrected chi connectivity index (χ4v) is 3.79. The first-order valence-electron chi connectivity index (χ1n) is 9.84. The first-order valence-corrected chi connectivity index (χ1v) is 9.84. The van der Waals surface area contributed by atoms with Crippen LogP contribution in [-0.4, -0.2) is 47.2 Å². The van der Waals surface area contributed by atoms with Crippen molar-refractivity contribution in [2.24, 2.45) is 5.92 Å². The average molecular weight is 396 g/mol. The molecule has 0 bridgehead atoms. The standard InChI is InChI=1S/C21H24N4O4/c1-12-13(2)29-18(23-12)11-25-7-5-14(6-8-25)10-22-19(26)15-3-4-16-17(9-15)21(28)24-20(16)27/h3-4,9,14H,5-8,10-11H2,1-2H3,(H,22,26)(H,24,27,28). The second kappa shape index (κ2) is 7.79. The molecule has 0 saturated carbocycles. The lowest BCUT2D eigenvalue weighted by molar-refractivity contribution is 0.0878. The van der Waals surface area contributed by atoms with Gasteiger partial charge in [0.05, 0.1) is 23.4 Å². The molecule has 8 heteroatoms. The first-order chi connectivity index (χ1) is 13.9. The van der Waals surface area contributed by atoms with Crippen LogP contribution in [0.4, 0.5) is 0 Å². The fourth-order valence-electron chi connectivity index (χ4n) is 3.79. The molecule has 2 aromatic rings. The van der Waals surface area contributed by atoms with E-state index in [9.17, 15) is 14.4 Å². The highest BCUT2D eigenvalue weighted by Gasteiger charge is 2.28. The van der Waals surface area contributed by atoms with E-state index in [1.165, 1.54) is 12.1 Å². The molecule has 2 N–H and O–H groups in total. The van der Waals surface area contributed by atoms with Gasteiger partial charge in [-0.25, -0.2) is 4.98 Å². The number of hydrogen-bond donors (Lipinski definition) is 2. The van der Waals surface area contributed by atoms with Crippen LogP contribution in [0.5, 0.6) is 0 Å². The number of likely N-dealkylation sites (tertiary alicyclic amines) is 1. The number of carbonyl (C=O) groups excluding carboxylic acids is 3. The maximum absolute atomic E-state index is 12.5. The number of hydrogen-bond acceptors (Lipinski definition) is 6. The minimum Gasteiger partial charge on any atom is -0.444 e. The van der Waals surface area contributed by atoms with Crippen LogP contribution in [0.2, 0.25) is 0 Å². The number of piperidine rings is 1. The Morgan fingerprint density at radius 3 is 2.62 bits per heavy atom. The summed E-state index contributed by atoms with van der Waals surface area (Å²) in [5.41, 5.74) is 1.90. The molecule has 0 radical (unpaired) electrons. The lowest BCUT2D eigenvalue weighted by atomic mass is 9.96. The predicted molar refractivity (Wildman–Crippen MR) is 105 cm³/mol. The van der Waals surface area contributed by atoms with E-state index >= 15 is 0 Å². The van der Waals surface area contributed by atoms with Crippen molar-refractivity contribution >= 4 is 17.7 Å². The fraction of sp³-hybridized carbons (Fsp3) is 0.429. The normalized spacial score (nSPS) is 17.3. The number of oxazole rings is 1. The van der Waals surface area contributed by atoms with E-state index in [0.717, 1.165) is 43.3 Å². The second-order valence-corrected chi connectivity index (χ2v) is 7.72. The molecule has 3 amide bonds. The van der Waals surface area contributed by atoms with E-state index in [2.05, 4.69) is 20.5 Å². The summed E-state index contributed by atoms with van der Waals surface area (Å²) in [4.78, 5) is 42.6. The Morgan fingerprint density at radius 2 is 1.93 bits per heavy atom. The number of amides is 3. The lowest BCUT2D eigenvalue weighted by Gasteiger charge is -2.31. The maximum atomic E-state index is 12.5. The third-order valence-corrected chi connectivity index (χ3v) is 5.69. The molecule has 2 aliphatic rings. The molecule has 152 valence electrons. The highest BCUT2D eigenvalue weighted by Crippen LogP contribution is 2.20. The monoisotopic (exact) mass is 396 g/mol. The van der Waals surface area contributed by atoms with Gasteiger partial charge in [0.25, 0.3) is 17.7 Å². The van der Waals surface area contributed by atoms with E-state index in [0.29, 0.717) is 30.1 Å². The smallest absolute Gasteiger partial charge is 0.258 e. The molecule has 0 aliphatic carbocycles. The van der Waals surface area contributed by atoms with E-state index in [1.54, 1.807) is 6.07 Å². The molecule has 4 rings (SSSR count). The van der Waals surface area contributed by atoms with E-state index in [-0.39, 0.29) is 11.5 Å². The van der Waals surface area contributed by atoms with E-state index in [4.69, 9.17) is 4.42 Å². The molecule has 1 aromatic heterocycles. The van der Waals surface area contributed by atoms with Gasteiger partial charge in [-0.05, 0) is 63.9 Å². The van der Waals surface area contributed by atoms with Gasteiger partial charge < -0.3 is 9.73 Å². The van der Waals surface area contributed by atoms with Crippen LogP contribution < -0.4 is 10.6 Å². The Bertz CT molecular complexity index is 954. The lowest BCUT2D eigenvalue weighted by Crippen LogP contribution is -2.38. The van der Waals surface area contributed by atoms with Crippen LogP contribution in [0, 0.1) is 19.8 Å². The summed E-state index contributed by atoms with van der Waals surface area (Å²) in [6, 6.07) is 4.58. The number of imide groups is 1. The van der Waals surface area contributed by atoms with Crippen LogP contribution in [0.25, 0.3) is 0 Å². The van der Waals surface area contributed by atoms with Crippen molar-refractivity contribution in [2.45, 2.75) is 33.2 Å². The Labute approximate surface area is 168 Å². The molecule has 8 nitrogen and oxygen atoms in total. The minimum absolute atomic E-state index is 0.229. The Balaban J connectivity index is 1.26. The summed E-state index contributed by atoms with van der Waals surface area (Å²) in [6.07, 6.45) is 1.97. The SMILES string of the molecule is Cc1nc(CN2CCC(CNC(=O)c3ccc4c(c3)C(=O)NC4=O)CC2)oc1C. The molecule has 1 aromatic carbocycles. The number of nitrogens with zero attached hydrogens (tertiary/aromatic N) is 2. The molecular formula is C21H24N4O4. The van der Waals surface area contributed by atoms with Gasteiger partial charge in [0.1, 0.15) is 5.76 Å². The van der Waals surface area contributed by atoms with E-state index in [1.807, 2.05) is 13.8 Å². The zero-order valence-electron chi connectivity index (χ0n) is 16.6. The quantitative estimate of drug-likeness (QED) is 0.747. The summed E-state index contributed by atoms with van der Waals surface area (Å²) >= 11 is 0. The molecule has 3 heterocycles. The Morgan fingerprint density at radius 1 is 1.21 bits per heavy atom. The van der Waals surface area contributed by atoms with Gasteiger partial charge in [0.15, 0.2) is 0 Å². The summed E-state index contributed by atoms with van der Waals surface area (Å²) in [5.74, 6) is 0.926. The number of rotatable bonds is 5. The molecule has 0 spiro atoms. The van der Waals surface area contributed by atoms with Gasteiger partial charge >= 0.3 is 0 Å². The maximum Gasteiger partial charge on any atom is 0.258 e. The minimum atomic E-state index is -0.455. The van der Waals surface area contributed by atoms with Crippen LogP contribution in [0.15, 0.2) is 22.6 Å². The predicted octanol–water partition coefficient (Wildman–Crippen LogP) is 1.82. The Hall–Kier alpha value is -3.00. The molecule has 0 atom stereocenters. The van der Waals surface area contributed by atoms with Gasteiger partial charge in [-0.15, -0.1) is 0 Å². The zero-order valence-corrected chi connectivity index (χ0v) is 16.6. The number of fused-ring (bicyclic) bond motifs is 1. The highest BCUT2D eigenvalue weighted by atomic mass is 16.4. The van der Waals surface area contributed by atoms with Crippen molar-refractivity contribution in [1.82, 2.24) is 20.5 Å². The third kappa shape index (κ3) is 4.07. The second-order valence-electron chi connectivity index (χ2n) is 7.72. The van der Waals surface area contributed by atoms with Gasteiger partial charge in [0.2, 0.25) is 5.89 Å². The van der Waals surface area contributed by atoms with Crippen molar-refractivity contribution < 1.29 is 18.8 Å². The number of aryl methyl sites for hydroxylation is 2. The summed E-state index contributed by atoms with van der Waals surface area (Å²) < 4.78 is 5.66. The molecule has 1 saturated heterocycles. The molecule has 0 unspecified atom stereocenters. The summed E-state index contributed by atoms with van der Waals surface area (Å²) in [6.45, 7) is 7.04. The topological polar surface area (TPSA) is 105 Å². The van der Waals surface area contributed by atoms with Crippen LogP contribution in [0.1, 0.15) is 61.3 Å². The molecule has 1 fully saturated rings. The first kappa shape index (κ1) is 19.3. The van der Waals surface area contributed by atoms with Crippen molar-refractivity contribution in [2.75, 3.05) is 19.6 Å². The number of nitrogens with one attached hydrogen (secondary N) is 2. The van der Waals surface area contributed by atoms with Crippen molar-refractivity contribution in [3.63, 3.8) is 0 Å². The van der Waals surface area contributed by atoms with Gasteiger partial charge in [-0.1, -0.05) is 0 Å². The zero-order chi connectivity index (χ0) is 20.5. The summed E-state index contributed by atoms with van der Waals surface area (Å²) in [7, 11) is 0.